The molecule has 4 rings (SSSR count). The van der Waals surface area contributed by atoms with Crippen LogP contribution in [-0.2, 0) is 9.53 Å². The number of aromatic nitrogens is 1. The third kappa shape index (κ3) is 5.41. The van der Waals surface area contributed by atoms with Crippen LogP contribution in [0.5, 0.6) is 0 Å². The summed E-state index contributed by atoms with van der Waals surface area (Å²) in [6, 6.07) is 22.7. The molecule has 34 heavy (non-hydrogen) atoms. The van der Waals surface area contributed by atoms with Gasteiger partial charge in [-0.05, 0) is 36.4 Å². The lowest BCUT2D eigenvalue weighted by Crippen LogP contribution is -2.43. The number of rotatable bonds is 5. The van der Waals surface area contributed by atoms with Crippen molar-refractivity contribution in [3.63, 3.8) is 0 Å². The van der Waals surface area contributed by atoms with Gasteiger partial charge in [-0.25, -0.2) is 9.78 Å². The molecular formula is C25H17BrClN3O4. The summed E-state index contributed by atoms with van der Waals surface area (Å²) < 4.78 is 6.13. The van der Waals surface area contributed by atoms with Crippen molar-refractivity contribution in [3.05, 3.63) is 99.5 Å². The van der Waals surface area contributed by atoms with Crippen LogP contribution in [0.4, 0.5) is 0 Å². The van der Waals surface area contributed by atoms with Crippen molar-refractivity contribution in [1.82, 2.24) is 15.8 Å². The predicted octanol–water partition coefficient (Wildman–Crippen LogP) is 4.94. The number of carbonyl (C=O) groups is 3. The number of hydrazine groups is 1. The summed E-state index contributed by atoms with van der Waals surface area (Å²) in [6.45, 7) is -0.591. The van der Waals surface area contributed by atoms with E-state index in [4.69, 9.17) is 16.3 Å². The molecule has 0 aliphatic carbocycles. The van der Waals surface area contributed by atoms with Crippen molar-refractivity contribution in [2.24, 2.45) is 0 Å². The Balaban J connectivity index is 1.46. The Hall–Kier alpha value is -3.75. The summed E-state index contributed by atoms with van der Waals surface area (Å²) in [5, 5.41) is 0.840. The monoisotopic (exact) mass is 537 g/mol. The normalized spacial score (nSPS) is 10.5. The number of fused-ring (bicyclic) bond motifs is 1. The quantitative estimate of drug-likeness (QED) is 0.277. The van der Waals surface area contributed by atoms with E-state index in [-0.39, 0.29) is 16.1 Å². The molecule has 2 N–H and O–H groups in total. The first-order chi connectivity index (χ1) is 16.4. The lowest BCUT2D eigenvalue weighted by Gasteiger charge is -2.11. The van der Waals surface area contributed by atoms with Crippen LogP contribution in [0, 0.1) is 0 Å². The van der Waals surface area contributed by atoms with Gasteiger partial charge in [0.25, 0.3) is 11.8 Å². The Morgan fingerprint density at radius 3 is 2.35 bits per heavy atom. The van der Waals surface area contributed by atoms with E-state index in [1.807, 2.05) is 30.3 Å². The van der Waals surface area contributed by atoms with E-state index in [0.29, 0.717) is 16.6 Å². The molecule has 9 heteroatoms. The molecule has 4 aromatic rings. The number of benzene rings is 3. The number of hydrogen-bond donors (Lipinski definition) is 2. The topological polar surface area (TPSA) is 97.4 Å². The number of carbonyl (C=O) groups excluding carboxylic acids is 3. The molecule has 2 amide bonds. The summed E-state index contributed by atoms with van der Waals surface area (Å²) in [6.07, 6.45) is 0. The first-order valence-electron chi connectivity index (χ1n) is 10.1. The molecule has 3 aromatic carbocycles. The van der Waals surface area contributed by atoms with Gasteiger partial charge in [-0.2, -0.15) is 0 Å². The molecule has 0 radical (unpaired) electrons. The average Bonchev–Trinajstić information content (AvgIpc) is 2.86. The summed E-state index contributed by atoms with van der Waals surface area (Å²) >= 11 is 9.37. The van der Waals surface area contributed by atoms with Crippen molar-refractivity contribution in [1.29, 1.82) is 0 Å². The number of ether oxygens (including phenoxy) is 1. The van der Waals surface area contributed by atoms with Gasteiger partial charge in [0, 0.05) is 15.4 Å². The molecule has 0 saturated carbocycles. The van der Waals surface area contributed by atoms with Crippen LogP contribution < -0.4 is 10.9 Å². The molecule has 0 aliphatic heterocycles. The van der Waals surface area contributed by atoms with Crippen LogP contribution >= 0.6 is 27.5 Å². The Morgan fingerprint density at radius 2 is 1.59 bits per heavy atom. The highest BCUT2D eigenvalue weighted by atomic mass is 79.9. The highest BCUT2D eigenvalue weighted by Crippen LogP contribution is 2.26. The zero-order valence-electron chi connectivity index (χ0n) is 17.5. The molecule has 1 aromatic heterocycles. The molecule has 0 spiro atoms. The van der Waals surface area contributed by atoms with Crippen LogP contribution in [0.1, 0.15) is 20.7 Å². The van der Waals surface area contributed by atoms with E-state index in [0.717, 1.165) is 10.0 Å². The smallest absolute Gasteiger partial charge is 0.339 e. The summed E-state index contributed by atoms with van der Waals surface area (Å²) in [5.41, 5.74) is 6.95. The Bertz CT molecular complexity index is 1390. The second-order valence-electron chi connectivity index (χ2n) is 7.14. The minimum atomic E-state index is -0.708. The molecule has 0 fully saturated rings. The highest BCUT2D eigenvalue weighted by molar-refractivity contribution is 9.10. The summed E-state index contributed by atoms with van der Waals surface area (Å²) in [7, 11) is 0. The fraction of sp³-hybridized carbons (Fsp3) is 0.0400. The minimum absolute atomic E-state index is 0.199. The van der Waals surface area contributed by atoms with Crippen LogP contribution in [0.2, 0.25) is 5.02 Å². The van der Waals surface area contributed by atoms with Crippen molar-refractivity contribution in [2.45, 2.75) is 0 Å². The standard InChI is InChI=1S/C25H17BrClN3O4/c26-16-11-9-15(10-12-16)22-13-19(17-5-2-4-8-21(17)28-22)25(33)34-14-23(31)29-30-24(32)18-6-1-3-7-20(18)27/h1-13H,14H2,(H,29,31)(H,30,32). The number of halogens is 2. The van der Waals surface area contributed by atoms with Gasteiger partial charge < -0.3 is 4.74 Å². The fourth-order valence-corrected chi connectivity index (χ4v) is 3.68. The van der Waals surface area contributed by atoms with Crippen LogP contribution in [0.25, 0.3) is 22.2 Å². The lowest BCUT2D eigenvalue weighted by molar-refractivity contribution is -0.125. The first-order valence-corrected chi connectivity index (χ1v) is 11.3. The largest absolute Gasteiger partial charge is 0.452 e. The van der Waals surface area contributed by atoms with E-state index in [1.54, 1.807) is 42.5 Å². The predicted molar refractivity (Wildman–Crippen MR) is 132 cm³/mol. The van der Waals surface area contributed by atoms with Gasteiger partial charge in [0.15, 0.2) is 6.61 Å². The zero-order valence-corrected chi connectivity index (χ0v) is 19.9. The summed E-state index contributed by atoms with van der Waals surface area (Å²) in [4.78, 5) is 41.8. The number of nitrogens with one attached hydrogen (secondary N) is 2. The number of hydrogen-bond acceptors (Lipinski definition) is 5. The van der Waals surface area contributed by atoms with Gasteiger partial charge in [-0.3, -0.25) is 20.4 Å². The van der Waals surface area contributed by atoms with E-state index < -0.39 is 24.4 Å². The van der Waals surface area contributed by atoms with E-state index >= 15 is 0 Å². The molecule has 7 nitrogen and oxygen atoms in total. The van der Waals surface area contributed by atoms with Gasteiger partial charge in [-0.1, -0.05) is 70.0 Å². The Morgan fingerprint density at radius 1 is 0.882 bits per heavy atom. The number of nitrogens with zero attached hydrogens (tertiary/aromatic N) is 1. The molecule has 0 saturated heterocycles. The van der Waals surface area contributed by atoms with Crippen LogP contribution in [-0.4, -0.2) is 29.4 Å². The highest BCUT2D eigenvalue weighted by Gasteiger charge is 2.17. The van der Waals surface area contributed by atoms with E-state index in [1.165, 1.54) is 6.07 Å². The number of amides is 2. The number of para-hydroxylation sites is 1. The van der Waals surface area contributed by atoms with Gasteiger partial charge >= 0.3 is 5.97 Å². The van der Waals surface area contributed by atoms with Gasteiger partial charge in [0.05, 0.1) is 27.4 Å². The molecule has 0 bridgehead atoms. The molecule has 0 aliphatic rings. The third-order valence-electron chi connectivity index (χ3n) is 4.84. The fourth-order valence-electron chi connectivity index (χ4n) is 3.20. The van der Waals surface area contributed by atoms with Crippen molar-refractivity contribution in [3.8, 4) is 11.3 Å². The second kappa shape index (κ2) is 10.5. The lowest BCUT2D eigenvalue weighted by atomic mass is 10.0. The third-order valence-corrected chi connectivity index (χ3v) is 5.70. The Kier molecular flexibility index (Phi) is 7.20. The molecule has 0 atom stereocenters. The van der Waals surface area contributed by atoms with Crippen molar-refractivity contribution >= 4 is 56.2 Å². The maximum absolute atomic E-state index is 12.9. The molecular weight excluding hydrogens is 522 g/mol. The first kappa shape index (κ1) is 23.4. The summed E-state index contributed by atoms with van der Waals surface area (Å²) in [5.74, 6) is -1.99. The molecule has 0 unspecified atom stereocenters. The van der Waals surface area contributed by atoms with Gasteiger partial charge in [0.2, 0.25) is 0 Å². The number of pyridine rings is 1. The Labute approximate surface area is 208 Å². The average molecular weight is 539 g/mol. The van der Waals surface area contributed by atoms with Crippen molar-refractivity contribution < 1.29 is 19.1 Å². The SMILES string of the molecule is O=C(COC(=O)c1cc(-c2ccc(Br)cc2)nc2ccccc12)NNC(=O)c1ccccc1Cl. The second-order valence-corrected chi connectivity index (χ2v) is 8.46. The molecule has 170 valence electrons. The van der Waals surface area contributed by atoms with Gasteiger partial charge in [-0.15, -0.1) is 0 Å². The van der Waals surface area contributed by atoms with Crippen LogP contribution in [0.15, 0.2) is 83.3 Å². The van der Waals surface area contributed by atoms with Crippen LogP contribution in [0.3, 0.4) is 0 Å². The van der Waals surface area contributed by atoms with E-state index in [9.17, 15) is 14.4 Å². The zero-order chi connectivity index (χ0) is 24.1. The molecule has 1 heterocycles. The maximum Gasteiger partial charge on any atom is 0.339 e. The van der Waals surface area contributed by atoms with E-state index in [2.05, 4.69) is 31.8 Å². The van der Waals surface area contributed by atoms with Gasteiger partial charge in [0.1, 0.15) is 0 Å². The van der Waals surface area contributed by atoms with Crippen molar-refractivity contribution in [2.75, 3.05) is 6.61 Å². The maximum atomic E-state index is 12.9. The minimum Gasteiger partial charge on any atom is -0.452 e. The number of esters is 1.